The summed E-state index contributed by atoms with van der Waals surface area (Å²) >= 11 is 5.54. The lowest BCUT2D eigenvalue weighted by molar-refractivity contribution is 0.237. The second kappa shape index (κ2) is 9.98. The van der Waals surface area contributed by atoms with E-state index in [9.17, 15) is 13.2 Å². The Hall–Kier alpha value is -1.48. The molecule has 0 amide bonds. The van der Waals surface area contributed by atoms with Crippen molar-refractivity contribution in [2.75, 3.05) is 0 Å². The van der Waals surface area contributed by atoms with Gasteiger partial charge in [0.25, 0.3) is 0 Å². The Morgan fingerprint density at radius 3 is 1.84 bits per heavy atom. The molecule has 0 N–H and O–H groups in total. The van der Waals surface area contributed by atoms with Crippen LogP contribution >= 0.6 is 11.6 Å². The molecule has 2 aliphatic rings. The van der Waals surface area contributed by atoms with Crippen LogP contribution in [0.15, 0.2) is 30.3 Å². The highest BCUT2D eigenvalue weighted by atomic mass is 35.5. The molecule has 2 aromatic carbocycles. The molecule has 2 fully saturated rings. The predicted octanol–water partition coefficient (Wildman–Crippen LogP) is 9.30. The Labute approximate surface area is 189 Å². The smallest absolute Gasteiger partial charge is 0.145 e. The van der Waals surface area contributed by atoms with Crippen LogP contribution < -0.4 is 0 Å². The summed E-state index contributed by atoms with van der Waals surface area (Å²) in [5.74, 6) is 0.831. The number of halogens is 4. The van der Waals surface area contributed by atoms with Crippen LogP contribution in [0.3, 0.4) is 0 Å². The largest absolute Gasteiger partial charge is 0.206 e. The van der Waals surface area contributed by atoms with Gasteiger partial charge in [-0.05, 0) is 78.7 Å². The molecular weight excluding hydrogens is 417 g/mol. The zero-order valence-electron chi connectivity index (χ0n) is 18.3. The van der Waals surface area contributed by atoms with E-state index in [0.29, 0.717) is 5.92 Å². The quantitative estimate of drug-likeness (QED) is 0.399. The molecule has 2 aliphatic carbocycles. The Morgan fingerprint density at radius 1 is 0.742 bits per heavy atom. The van der Waals surface area contributed by atoms with Crippen molar-refractivity contribution < 1.29 is 13.2 Å². The van der Waals surface area contributed by atoms with Gasteiger partial charge in [0, 0.05) is 5.56 Å². The number of rotatable bonds is 5. The highest BCUT2D eigenvalue weighted by Crippen LogP contribution is 2.40. The van der Waals surface area contributed by atoms with Gasteiger partial charge in [-0.25, -0.2) is 13.2 Å². The van der Waals surface area contributed by atoms with Crippen LogP contribution in [0.4, 0.5) is 13.2 Å². The fraction of sp³-hybridized carbons (Fsp3) is 0.556. The lowest BCUT2D eigenvalue weighted by atomic mass is 9.74. The first-order valence-corrected chi connectivity index (χ1v) is 12.2. The van der Waals surface area contributed by atoms with Crippen LogP contribution in [-0.4, -0.2) is 0 Å². The van der Waals surface area contributed by atoms with Gasteiger partial charge in [0.1, 0.15) is 22.5 Å². The van der Waals surface area contributed by atoms with Gasteiger partial charge in [-0.2, -0.15) is 0 Å². The lowest BCUT2D eigenvalue weighted by Crippen LogP contribution is -2.17. The third-order valence-electron chi connectivity index (χ3n) is 7.72. The van der Waals surface area contributed by atoms with E-state index in [1.165, 1.54) is 51.4 Å². The molecule has 0 heterocycles. The topological polar surface area (TPSA) is 0 Å². The van der Waals surface area contributed by atoms with Crippen LogP contribution in [-0.2, 0) is 0 Å². The molecule has 168 valence electrons. The Morgan fingerprint density at radius 2 is 1.29 bits per heavy atom. The average Bonchev–Trinajstić information content (AvgIpc) is 2.77. The highest BCUT2D eigenvalue weighted by molar-refractivity contribution is 6.31. The van der Waals surface area contributed by atoms with Crippen LogP contribution in [0.5, 0.6) is 0 Å². The molecule has 0 aromatic heterocycles. The lowest BCUT2D eigenvalue weighted by Gasteiger charge is -2.31. The molecule has 0 bridgehead atoms. The number of hydrogen-bond acceptors (Lipinski definition) is 0. The van der Waals surface area contributed by atoms with Crippen LogP contribution in [0.25, 0.3) is 11.1 Å². The monoisotopic (exact) mass is 448 g/mol. The van der Waals surface area contributed by atoms with Crippen molar-refractivity contribution in [3.05, 3.63) is 58.4 Å². The second-order valence-corrected chi connectivity index (χ2v) is 10.3. The van der Waals surface area contributed by atoms with E-state index in [2.05, 4.69) is 6.92 Å². The van der Waals surface area contributed by atoms with Gasteiger partial charge in [0.05, 0.1) is 0 Å². The van der Waals surface area contributed by atoms with Gasteiger partial charge in [0.15, 0.2) is 0 Å². The van der Waals surface area contributed by atoms with Crippen molar-refractivity contribution in [2.24, 2.45) is 17.8 Å². The summed E-state index contributed by atoms with van der Waals surface area (Å²) in [5.41, 5.74) is 1.37. The normalized spacial score (nSPS) is 26.7. The molecule has 4 rings (SSSR count). The molecule has 2 saturated carbocycles. The molecule has 0 nitrogen and oxygen atoms in total. The van der Waals surface area contributed by atoms with Gasteiger partial charge in [-0.1, -0.05) is 69.2 Å². The third kappa shape index (κ3) is 5.48. The van der Waals surface area contributed by atoms with Crippen molar-refractivity contribution in [1.29, 1.82) is 0 Å². The molecule has 0 unspecified atom stereocenters. The summed E-state index contributed by atoms with van der Waals surface area (Å²) in [6, 6.07) is 7.28. The van der Waals surface area contributed by atoms with Crippen molar-refractivity contribution in [3.8, 4) is 11.1 Å². The van der Waals surface area contributed by atoms with E-state index in [4.69, 9.17) is 11.6 Å². The van der Waals surface area contributed by atoms with Crippen LogP contribution in [0.2, 0.25) is 5.02 Å². The average molecular weight is 449 g/mol. The fourth-order valence-electron chi connectivity index (χ4n) is 5.60. The summed E-state index contributed by atoms with van der Waals surface area (Å²) in [5, 5.41) is -0.560. The fourth-order valence-corrected chi connectivity index (χ4v) is 5.71. The SMILES string of the molecule is C[C@H]1CC[C@H](CC[C@H]2CC[C@H](c3ccc(-c4cc(F)c(Cl)c(F)c4)c(F)c3)CC2)CC1. The maximum atomic E-state index is 14.8. The molecule has 0 saturated heterocycles. The van der Waals surface area contributed by atoms with E-state index in [1.54, 1.807) is 12.1 Å². The maximum Gasteiger partial charge on any atom is 0.145 e. The minimum Gasteiger partial charge on any atom is -0.206 e. The number of benzene rings is 2. The molecule has 31 heavy (non-hydrogen) atoms. The summed E-state index contributed by atoms with van der Waals surface area (Å²) in [7, 11) is 0. The van der Waals surface area contributed by atoms with Crippen molar-refractivity contribution >= 4 is 11.6 Å². The number of hydrogen-bond donors (Lipinski definition) is 0. The predicted molar refractivity (Wildman–Crippen MR) is 122 cm³/mol. The van der Waals surface area contributed by atoms with E-state index in [-0.39, 0.29) is 11.1 Å². The van der Waals surface area contributed by atoms with Crippen molar-refractivity contribution in [2.45, 2.75) is 77.0 Å². The molecule has 0 aliphatic heterocycles. The Bertz CT molecular complexity index is 870. The van der Waals surface area contributed by atoms with Crippen LogP contribution in [0.1, 0.15) is 82.6 Å². The van der Waals surface area contributed by atoms with E-state index in [1.807, 2.05) is 6.07 Å². The van der Waals surface area contributed by atoms with Gasteiger partial charge in [0.2, 0.25) is 0 Å². The zero-order valence-corrected chi connectivity index (χ0v) is 19.0. The standard InChI is InChI=1S/C27H32ClF3/c1-17-2-4-18(5-3-17)6-7-19-8-10-20(11-9-19)21-12-13-23(24(29)14-21)22-15-25(30)27(28)26(31)16-22/h12-20H,2-11H2,1H3/t17-,18-,19-,20-. The van der Waals surface area contributed by atoms with Gasteiger partial charge in [-0.15, -0.1) is 0 Å². The zero-order chi connectivity index (χ0) is 22.0. The minimum atomic E-state index is -0.874. The van der Waals surface area contributed by atoms with E-state index < -0.39 is 22.5 Å². The van der Waals surface area contributed by atoms with Crippen LogP contribution in [0, 0.1) is 35.2 Å². The Balaban J connectivity index is 1.33. The molecule has 0 radical (unpaired) electrons. The molecule has 0 atom stereocenters. The maximum absolute atomic E-state index is 14.8. The highest BCUT2D eigenvalue weighted by Gasteiger charge is 2.25. The van der Waals surface area contributed by atoms with Crippen molar-refractivity contribution in [1.82, 2.24) is 0 Å². The first-order valence-electron chi connectivity index (χ1n) is 11.8. The third-order valence-corrected chi connectivity index (χ3v) is 8.09. The summed E-state index contributed by atoms with van der Waals surface area (Å²) < 4.78 is 42.3. The van der Waals surface area contributed by atoms with E-state index in [0.717, 1.165) is 48.3 Å². The first-order chi connectivity index (χ1) is 14.9. The van der Waals surface area contributed by atoms with Gasteiger partial charge in [-0.3, -0.25) is 0 Å². The summed E-state index contributed by atoms with van der Waals surface area (Å²) in [6.45, 7) is 2.37. The Kier molecular flexibility index (Phi) is 7.31. The molecule has 4 heteroatoms. The van der Waals surface area contributed by atoms with E-state index >= 15 is 0 Å². The molecule has 0 spiro atoms. The van der Waals surface area contributed by atoms with Gasteiger partial charge < -0.3 is 0 Å². The van der Waals surface area contributed by atoms with Crippen molar-refractivity contribution in [3.63, 3.8) is 0 Å². The first kappa shape index (κ1) is 22.7. The van der Waals surface area contributed by atoms with Gasteiger partial charge >= 0.3 is 0 Å². The molecular formula is C27H32ClF3. The second-order valence-electron chi connectivity index (χ2n) is 9.91. The molecule has 2 aromatic rings. The summed E-state index contributed by atoms with van der Waals surface area (Å²) in [4.78, 5) is 0. The summed E-state index contributed by atoms with van der Waals surface area (Å²) in [6.07, 6.45) is 12.9. The minimum absolute atomic E-state index is 0.171.